The highest BCUT2D eigenvalue weighted by Crippen LogP contribution is 2.28. The number of benzene rings is 1. The van der Waals surface area contributed by atoms with Crippen molar-refractivity contribution < 1.29 is 12.8 Å². The zero-order chi connectivity index (χ0) is 19.0. The molecule has 1 aliphatic rings. The number of aromatic nitrogens is 3. The van der Waals surface area contributed by atoms with Gasteiger partial charge in [0.15, 0.2) is 0 Å². The van der Waals surface area contributed by atoms with Crippen LogP contribution in [-0.4, -0.2) is 53.6 Å². The fourth-order valence-corrected chi connectivity index (χ4v) is 5.26. The first-order valence-corrected chi connectivity index (χ1v) is 10.4. The van der Waals surface area contributed by atoms with Crippen LogP contribution in [0.1, 0.15) is 19.7 Å². The van der Waals surface area contributed by atoms with E-state index in [1.165, 1.54) is 0 Å². The van der Waals surface area contributed by atoms with Crippen molar-refractivity contribution in [2.24, 2.45) is 0 Å². The smallest absolute Gasteiger partial charge is 0.318 e. The number of nitrogens with zero attached hydrogens (tertiary/aromatic N) is 5. The van der Waals surface area contributed by atoms with Crippen LogP contribution >= 0.6 is 0 Å². The lowest BCUT2D eigenvalue weighted by Gasteiger charge is -2.38. The summed E-state index contributed by atoms with van der Waals surface area (Å²) in [5, 5.41) is 9.55. The Morgan fingerprint density at radius 3 is 2.81 bits per heavy atom. The molecule has 2 aromatic heterocycles. The Bertz CT molecular complexity index is 1060. The van der Waals surface area contributed by atoms with Crippen molar-refractivity contribution in [2.75, 3.05) is 24.5 Å². The number of hydrogen-bond donors (Lipinski definition) is 0. The maximum Gasteiger partial charge on any atom is 0.318 e. The van der Waals surface area contributed by atoms with Crippen LogP contribution < -0.4 is 4.90 Å². The van der Waals surface area contributed by atoms with Crippen molar-refractivity contribution in [3.05, 3.63) is 42.5 Å². The van der Waals surface area contributed by atoms with Crippen molar-refractivity contribution in [1.29, 1.82) is 0 Å². The predicted octanol–water partition coefficient (Wildman–Crippen LogP) is 2.08. The average Bonchev–Trinajstić information content (AvgIpc) is 3.16. The van der Waals surface area contributed by atoms with E-state index in [0.29, 0.717) is 48.2 Å². The molecule has 0 bridgehead atoms. The standard InChI is InChI=1S/C18H21N5O3S/c1-3-17-20-21-18(26-17)22-9-10-23(13(2)12-22)27(24,25)16-6-4-5-14-11-19-8-7-15(14)16/h4-8,11,13H,3,9-10,12H2,1-2H3. The first kappa shape index (κ1) is 17.9. The summed E-state index contributed by atoms with van der Waals surface area (Å²) in [4.78, 5) is 6.33. The monoisotopic (exact) mass is 387 g/mol. The molecular formula is C18H21N5O3S. The van der Waals surface area contributed by atoms with E-state index < -0.39 is 10.0 Å². The van der Waals surface area contributed by atoms with Gasteiger partial charge in [-0.1, -0.05) is 24.2 Å². The molecule has 0 spiro atoms. The van der Waals surface area contributed by atoms with Gasteiger partial charge in [0, 0.05) is 55.3 Å². The molecule has 1 aliphatic heterocycles. The molecule has 0 amide bonds. The van der Waals surface area contributed by atoms with Gasteiger partial charge in [0.1, 0.15) is 0 Å². The molecule has 0 saturated carbocycles. The lowest BCUT2D eigenvalue weighted by molar-refractivity contribution is 0.297. The van der Waals surface area contributed by atoms with Crippen LogP contribution in [0.3, 0.4) is 0 Å². The van der Waals surface area contributed by atoms with Crippen molar-refractivity contribution in [3.63, 3.8) is 0 Å². The van der Waals surface area contributed by atoms with Crippen molar-refractivity contribution in [3.8, 4) is 0 Å². The highest BCUT2D eigenvalue weighted by atomic mass is 32.2. The molecule has 1 fully saturated rings. The molecule has 1 atom stereocenters. The van der Waals surface area contributed by atoms with E-state index in [0.717, 1.165) is 5.39 Å². The van der Waals surface area contributed by atoms with Gasteiger partial charge in [-0.3, -0.25) is 4.98 Å². The molecular weight excluding hydrogens is 366 g/mol. The second-order valence-corrected chi connectivity index (χ2v) is 8.45. The first-order valence-electron chi connectivity index (χ1n) is 8.92. The van der Waals surface area contributed by atoms with Crippen LogP contribution in [-0.2, 0) is 16.4 Å². The minimum Gasteiger partial charge on any atom is -0.408 e. The molecule has 3 aromatic rings. The molecule has 0 radical (unpaired) electrons. The Balaban J connectivity index is 1.61. The Labute approximate surface area is 157 Å². The van der Waals surface area contributed by atoms with E-state index in [1.807, 2.05) is 24.8 Å². The van der Waals surface area contributed by atoms with E-state index >= 15 is 0 Å². The molecule has 3 heterocycles. The molecule has 27 heavy (non-hydrogen) atoms. The summed E-state index contributed by atoms with van der Waals surface area (Å²) >= 11 is 0. The van der Waals surface area contributed by atoms with Gasteiger partial charge in [-0.15, -0.1) is 5.10 Å². The topological polar surface area (TPSA) is 92.4 Å². The van der Waals surface area contributed by atoms with Crippen LogP contribution in [0.15, 0.2) is 46.0 Å². The summed E-state index contributed by atoms with van der Waals surface area (Å²) in [7, 11) is -3.63. The Morgan fingerprint density at radius 2 is 2.07 bits per heavy atom. The number of pyridine rings is 1. The first-order chi connectivity index (χ1) is 13.0. The van der Waals surface area contributed by atoms with Gasteiger partial charge in [0.2, 0.25) is 15.9 Å². The molecule has 1 saturated heterocycles. The molecule has 1 aromatic carbocycles. The summed E-state index contributed by atoms with van der Waals surface area (Å²) in [6.45, 7) is 5.20. The van der Waals surface area contributed by atoms with Gasteiger partial charge in [-0.05, 0) is 19.1 Å². The highest BCUT2D eigenvalue weighted by Gasteiger charge is 2.35. The molecule has 8 nitrogen and oxygen atoms in total. The molecule has 4 rings (SSSR count). The van der Waals surface area contributed by atoms with Crippen LogP contribution in [0.25, 0.3) is 10.8 Å². The Morgan fingerprint density at radius 1 is 1.22 bits per heavy atom. The maximum absolute atomic E-state index is 13.3. The number of aryl methyl sites for hydroxylation is 1. The van der Waals surface area contributed by atoms with E-state index in [4.69, 9.17) is 4.42 Å². The van der Waals surface area contributed by atoms with Crippen LogP contribution in [0.4, 0.5) is 6.01 Å². The molecule has 0 aliphatic carbocycles. The van der Waals surface area contributed by atoms with Crippen molar-refractivity contribution in [2.45, 2.75) is 31.2 Å². The molecule has 1 unspecified atom stereocenters. The number of anilines is 1. The van der Waals surface area contributed by atoms with E-state index in [2.05, 4.69) is 15.2 Å². The third-order valence-electron chi connectivity index (χ3n) is 4.82. The van der Waals surface area contributed by atoms with Crippen molar-refractivity contribution in [1.82, 2.24) is 19.5 Å². The molecule has 9 heteroatoms. The maximum atomic E-state index is 13.3. The predicted molar refractivity (Wildman–Crippen MR) is 101 cm³/mol. The summed E-state index contributed by atoms with van der Waals surface area (Å²) in [6, 6.07) is 7.24. The molecule has 142 valence electrons. The largest absolute Gasteiger partial charge is 0.408 e. The van der Waals surface area contributed by atoms with Crippen LogP contribution in [0.5, 0.6) is 0 Å². The highest BCUT2D eigenvalue weighted by molar-refractivity contribution is 7.89. The van der Waals surface area contributed by atoms with E-state index in [1.54, 1.807) is 34.9 Å². The molecule has 0 N–H and O–H groups in total. The van der Waals surface area contributed by atoms with Crippen LogP contribution in [0.2, 0.25) is 0 Å². The second kappa shape index (κ2) is 6.90. The van der Waals surface area contributed by atoms with E-state index in [9.17, 15) is 8.42 Å². The van der Waals surface area contributed by atoms with Crippen molar-refractivity contribution >= 4 is 26.8 Å². The normalized spacial score (nSPS) is 18.9. The zero-order valence-electron chi connectivity index (χ0n) is 15.2. The Kier molecular flexibility index (Phi) is 4.56. The third-order valence-corrected chi connectivity index (χ3v) is 6.89. The number of fused-ring (bicyclic) bond motifs is 1. The summed E-state index contributed by atoms with van der Waals surface area (Å²) in [5.74, 6) is 0.581. The number of hydrogen-bond acceptors (Lipinski definition) is 7. The minimum absolute atomic E-state index is 0.224. The SMILES string of the molecule is CCc1nnc(N2CCN(S(=O)(=O)c3cccc4cnccc34)C(C)C2)o1. The van der Waals surface area contributed by atoms with Gasteiger partial charge in [0.25, 0.3) is 0 Å². The summed E-state index contributed by atoms with van der Waals surface area (Å²) in [5.41, 5.74) is 0. The number of sulfonamides is 1. The minimum atomic E-state index is -3.63. The summed E-state index contributed by atoms with van der Waals surface area (Å²) < 4.78 is 33.8. The summed E-state index contributed by atoms with van der Waals surface area (Å²) in [6.07, 6.45) is 3.97. The van der Waals surface area contributed by atoms with Gasteiger partial charge in [-0.2, -0.15) is 4.31 Å². The number of rotatable bonds is 4. The van der Waals surface area contributed by atoms with Crippen LogP contribution in [0, 0.1) is 0 Å². The fourth-order valence-electron chi connectivity index (χ4n) is 3.43. The third kappa shape index (κ3) is 3.17. The fraction of sp³-hybridized carbons (Fsp3) is 0.389. The van der Waals surface area contributed by atoms with Gasteiger partial charge < -0.3 is 9.32 Å². The zero-order valence-corrected chi connectivity index (χ0v) is 16.1. The lowest BCUT2D eigenvalue weighted by atomic mass is 10.2. The Hall–Kier alpha value is -2.52. The number of piperazine rings is 1. The average molecular weight is 387 g/mol. The van der Waals surface area contributed by atoms with Gasteiger partial charge in [-0.25, -0.2) is 8.42 Å². The lowest BCUT2D eigenvalue weighted by Crippen LogP contribution is -2.54. The van der Waals surface area contributed by atoms with Gasteiger partial charge >= 0.3 is 6.01 Å². The quantitative estimate of drug-likeness (QED) is 0.677. The van der Waals surface area contributed by atoms with Gasteiger partial charge in [0.05, 0.1) is 4.90 Å². The van der Waals surface area contributed by atoms with E-state index in [-0.39, 0.29) is 6.04 Å². The second-order valence-electron chi connectivity index (χ2n) is 6.60.